The zero-order chi connectivity index (χ0) is 20.1. The fourth-order valence-corrected chi connectivity index (χ4v) is 5.22. The molecule has 1 fully saturated rings. The molecule has 2 aromatic rings. The summed E-state index contributed by atoms with van der Waals surface area (Å²) in [5, 5.41) is 0. The molecule has 0 atom stereocenters. The molecule has 2 aromatic carbocycles. The lowest BCUT2D eigenvalue weighted by Crippen LogP contribution is -2.46. The molecule has 3 rings (SSSR count). The van der Waals surface area contributed by atoms with E-state index >= 15 is 0 Å². The highest BCUT2D eigenvalue weighted by molar-refractivity contribution is 7.89. The maximum absolute atomic E-state index is 12.7. The van der Waals surface area contributed by atoms with E-state index < -0.39 is 10.0 Å². The second-order valence-corrected chi connectivity index (χ2v) is 9.21. The zero-order valence-corrected chi connectivity index (χ0v) is 17.3. The number of nitrogens with zero attached hydrogens (tertiary/aromatic N) is 1. The van der Waals surface area contributed by atoms with Gasteiger partial charge in [0.2, 0.25) is 15.9 Å². The first kappa shape index (κ1) is 20.6. The third-order valence-electron chi connectivity index (χ3n) is 5.26. The van der Waals surface area contributed by atoms with Crippen LogP contribution in [0.4, 0.5) is 0 Å². The number of likely N-dealkylation sites (tertiary alicyclic amines) is 1. The number of benzene rings is 2. The van der Waals surface area contributed by atoms with Crippen LogP contribution in [0.3, 0.4) is 0 Å². The smallest absolute Gasteiger partial charge is 0.241 e. The quantitative estimate of drug-likeness (QED) is 0.810. The van der Waals surface area contributed by atoms with E-state index in [0.717, 1.165) is 23.1 Å². The minimum Gasteiger partial charge on any atom is -0.343 e. The van der Waals surface area contributed by atoms with Gasteiger partial charge in [-0.1, -0.05) is 48.0 Å². The normalized spacial score (nSPS) is 15.6. The number of sulfonamides is 1. The lowest BCUT2D eigenvalue weighted by atomic mass is 10.0. The Morgan fingerprint density at radius 1 is 1.07 bits per heavy atom. The first-order valence-corrected chi connectivity index (χ1v) is 11.2. The van der Waals surface area contributed by atoms with E-state index in [2.05, 4.69) is 4.72 Å². The third kappa shape index (κ3) is 5.20. The van der Waals surface area contributed by atoms with Crippen LogP contribution in [0.1, 0.15) is 36.0 Å². The Labute approximate surface area is 167 Å². The van der Waals surface area contributed by atoms with Crippen molar-refractivity contribution < 1.29 is 13.2 Å². The number of amides is 1. The molecule has 0 bridgehead atoms. The molecule has 28 heavy (non-hydrogen) atoms. The van der Waals surface area contributed by atoms with Gasteiger partial charge in [0.25, 0.3) is 0 Å². The first-order chi connectivity index (χ1) is 13.3. The molecule has 5 nitrogen and oxygen atoms in total. The van der Waals surface area contributed by atoms with Crippen molar-refractivity contribution in [2.24, 2.45) is 0 Å². The molecule has 1 saturated heterocycles. The molecule has 0 aliphatic carbocycles. The van der Waals surface area contributed by atoms with Crippen LogP contribution < -0.4 is 4.72 Å². The van der Waals surface area contributed by atoms with Crippen LogP contribution in [0, 0.1) is 13.8 Å². The molecule has 0 spiro atoms. The molecule has 150 valence electrons. The summed E-state index contributed by atoms with van der Waals surface area (Å²) in [6.45, 7) is 4.94. The average Bonchev–Trinajstić information content (AvgIpc) is 2.67. The van der Waals surface area contributed by atoms with Crippen molar-refractivity contribution in [1.82, 2.24) is 9.62 Å². The summed E-state index contributed by atoms with van der Waals surface area (Å²) in [5.74, 6) is 0.138. The second kappa shape index (κ2) is 8.88. The fourth-order valence-electron chi connectivity index (χ4n) is 3.68. The van der Waals surface area contributed by atoms with Gasteiger partial charge < -0.3 is 4.90 Å². The number of aryl methyl sites for hydroxylation is 3. The Bertz CT molecular complexity index is 918. The molecule has 1 heterocycles. The van der Waals surface area contributed by atoms with Crippen molar-refractivity contribution >= 4 is 15.9 Å². The first-order valence-electron chi connectivity index (χ1n) is 9.76. The molecule has 0 unspecified atom stereocenters. The summed E-state index contributed by atoms with van der Waals surface area (Å²) in [6.07, 6.45) is 2.50. The molecule has 1 aliphatic rings. The number of carbonyl (C=O) groups is 1. The molecule has 6 heteroatoms. The molecule has 1 N–H and O–H groups in total. The van der Waals surface area contributed by atoms with E-state index in [1.54, 1.807) is 6.07 Å². The average molecular weight is 401 g/mol. The highest BCUT2D eigenvalue weighted by Gasteiger charge is 2.27. The van der Waals surface area contributed by atoms with Gasteiger partial charge in [0, 0.05) is 25.6 Å². The predicted octanol–water partition coefficient (Wildman–Crippen LogP) is 3.21. The van der Waals surface area contributed by atoms with Gasteiger partial charge in [-0.3, -0.25) is 4.79 Å². The molecule has 1 aliphatic heterocycles. The number of hydrogen-bond acceptors (Lipinski definition) is 3. The number of carbonyl (C=O) groups excluding carboxylic acids is 1. The summed E-state index contributed by atoms with van der Waals surface area (Å²) in [6, 6.07) is 15.2. The predicted molar refractivity (Wildman–Crippen MR) is 111 cm³/mol. The highest BCUT2D eigenvalue weighted by Crippen LogP contribution is 2.19. The number of piperidine rings is 1. The lowest BCUT2D eigenvalue weighted by Gasteiger charge is -2.32. The van der Waals surface area contributed by atoms with Crippen molar-refractivity contribution in [3.63, 3.8) is 0 Å². The van der Waals surface area contributed by atoms with Crippen molar-refractivity contribution in [2.45, 2.75) is 50.5 Å². The maximum atomic E-state index is 12.7. The van der Waals surface area contributed by atoms with E-state index in [1.165, 1.54) is 0 Å². The fraction of sp³-hybridized carbons (Fsp3) is 0.409. The van der Waals surface area contributed by atoms with Crippen LogP contribution in [0.5, 0.6) is 0 Å². The van der Waals surface area contributed by atoms with E-state index in [4.69, 9.17) is 0 Å². The van der Waals surface area contributed by atoms with Crippen molar-refractivity contribution in [1.29, 1.82) is 0 Å². The largest absolute Gasteiger partial charge is 0.343 e. The summed E-state index contributed by atoms with van der Waals surface area (Å²) >= 11 is 0. The van der Waals surface area contributed by atoms with Crippen LogP contribution in [0.15, 0.2) is 53.4 Å². The number of hydrogen-bond donors (Lipinski definition) is 1. The van der Waals surface area contributed by atoms with Gasteiger partial charge in [0.15, 0.2) is 0 Å². The van der Waals surface area contributed by atoms with Gasteiger partial charge >= 0.3 is 0 Å². The van der Waals surface area contributed by atoms with Crippen LogP contribution >= 0.6 is 0 Å². The van der Waals surface area contributed by atoms with Gasteiger partial charge in [0.05, 0.1) is 4.90 Å². The summed E-state index contributed by atoms with van der Waals surface area (Å²) in [7, 11) is -3.54. The molecule has 0 saturated carbocycles. The van der Waals surface area contributed by atoms with E-state index in [1.807, 2.05) is 61.2 Å². The van der Waals surface area contributed by atoms with E-state index in [-0.39, 0.29) is 11.9 Å². The standard InChI is InChI=1S/C22H28N2O3S/c1-17-8-10-21(18(2)16-17)28(26,27)23-20-12-14-24(15-13-20)22(25)11-9-19-6-4-3-5-7-19/h3-8,10,16,20,23H,9,11-15H2,1-2H3. The summed E-state index contributed by atoms with van der Waals surface area (Å²) in [4.78, 5) is 14.6. The Morgan fingerprint density at radius 2 is 1.75 bits per heavy atom. The summed E-state index contributed by atoms with van der Waals surface area (Å²) < 4.78 is 28.3. The van der Waals surface area contributed by atoms with Gasteiger partial charge in [-0.15, -0.1) is 0 Å². The molecular formula is C22H28N2O3S. The van der Waals surface area contributed by atoms with E-state index in [0.29, 0.717) is 37.2 Å². The zero-order valence-electron chi connectivity index (χ0n) is 16.5. The van der Waals surface area contributed by atoms with Crippen LogP contribution in [-0.2, 0) is 21.2 Å². The number of rotatable bonds is 6. The van der Waals surface area contributed by atoms with Gasteiger partial charge in [-0.25, -0.2) is 13.1 Å². The van der Waals surface area contributed by atoms with Gasteiger partial charge in [-0.05, 0) is 50.3 Å². The van der Waals surface area contributed by atoms with E-state index in [9.17, 15) is 13.2 Å². The lowest BCUT2D eigenvalue weighted by molar-refractivity contribution is -0.132. The maximum Gasteiger partial charge on any atom is 0.241 e. The Balaban J connectivity index is 1.51. The molecular weight excluding hydrogens is 372 g/mol. The Morgan fingerprint density at radius 3 is 2.39 bits per heavy atom. The van der Waals surface area contributed by atoms with Crippen molar-refractivity contribution in [3.8, 4) is 0 Å². The second-order valence-electron chi connectivity index (χ2n) is 7.53. The Hall–Kier alpha value is -2.18. The number of nitrogens with one attached hydrogen (secondary N) is 1. The summed E-state index contributed by atoms with van der Waals surface area (Å²) in [5.41, 5.74) is 2.95. The Kier molecular flexibility index (Phi) is 6.52. The minimum absolute atomic E-state index is 0.135. The third-order valence-corrected chi connectivity index (χ3v) is 6.94. The molecule has 0 aromatic heterocycles. The van der Waals surface area contributed by atoms with Gasteiger partial charge in [0.1, 0.15) is 0 Å². The SMILES string of the molecule is Cc1ccc(S(=O)(=O)NC2CCN(C(=O)CCc3ccccc3)CC2)c(C)c1. The monoisotopic (exact) mass is 400 g/mol. The van der Waals surface area contributed by atoms with Crippen LogP contribution in [-0.4, -0.2) is 38.4 Å². The van der Waals surface area contributed by atoms with Crippen LogP contribution in [0.2, 0.25) is 0 Å². The molecule has 1 amide bonds. The van der Waals surface area contributed by atoms with Crippen molar-refractivity contribution in [2.75, 3.05) is 13.1 Å². The minimum atomic E-state index is -3.54. The van der Waals surface area contributed by atoms with Gasteiger partial charge in [-0.2, -0.15) is 0 Å². The topological polar surface area (TPSA) is 66.5 Å². The molecule has 0 radical (unpaired) electrons. The highest BCUT2D eigenvalue weighted by atomic mass is 32.2. The van der Waals surface area contributed by atoms with Crippen molar-refractivity contribution in [3.05, 3.63) is 65.2 Å². The van der Waals surface area contributed by atoms with Crippen LogP contribution in [0.25, 0.3) is 0 Å².